The van der Waals surface area contributed by atoms with Gasteiger partial charge in [-0.25, -0.2) is 0 Å². The molecule has 2 N–H and O–H groups in total. The van der Waals surface area contributed by atoms with Crippen LogP contribution in [-0.2, 0) is 4.79 Å². The second-order valence-corrected chi connectivity index (χ2v) is 7.16. The minimum Gasteiger partial charge on any atom is -0.490 e. The van der Waals surface area contributed by atoms with Crippen molar-refractivity contribution in [3.63, 3.8) is 0 Å². The summed E-state index contributed by atoms with van der Waals surface area (Å²) in [6.45, 7) is 5.24. The van der Waals surface area contributed by atoms with Crippen LogP contribution in [0.2, 0.25) is 0 Å². The maximum Gasteiger partial charge on any atom is 0.255 e. The summed E-state index contributed by atoms with van der Waals surface area (Å²) in [5.41, 5.74) is 7.96. The van der Waals surface area contributed by atoms with E-state index >= 15 is 0 Å². The number of aryl methyl sites for hydroxylation is 2. The molecule has 0 atom stereocenters. The molecule has 0 bridgehead atoms. The molecule has 148 valence electrons. The molecule has 1 fully saturated rings. The lowest BCUT2D eigenvalue weighted by atomic mass is 10.1. The molecule has 6 heteroatoms. The standard InChI is InChI=1S/C22H26N2O4/c1-15-3-4-16(2)20(13-15)28-19-9-11-24(12-10-19)22(26)17-5-7-18(8-6-17)27-14-21(23)25/h3-8,13,19H,9-12,14H2,1-2H3,(H2,23,25). The molecule has 2 aromatic rings. The first kappa shape index (κ1) is 19.7. The summed E-state index contributed by atoms with van der Waals surface area (Å²) in [4.78, 5) is 25.3. The molecule has 0 aliphatic carbocycles. The van der Waals surface area contributed by atoms with Crippen LogP contribution in [0.15, 0.2) is 42.5 Å². The minimum absolute atomic E-state index is 0.00774. The van der Waals surface area contributed by atoms with Crippen LogP contribution in [0.25, 0.3) is 0 Å². The van der Waals surface area contributed by atoms with Crippen LogP contribution in [0, 0.1) is 13.8 Å². The number of carbonyl (C=O) groups is 2. The van der Waals surface area contributed by atoms with E-state index in [0.29, 0.717) is 24.4 Å². The summed E-state index contributed by atoms with van der Waals surface area (Å²) < 4.78 is 11.4. The van der Waals surface area contributed by atoms with E-state index in [0.717, 1.165) is 24.2 Å². The van der Waals surface area contributed by atoms with E-state index in [4.69, 9.17) is 15.2 Å². The molecule has 0 unspecified atom stereocenters. The Kier molecular flexibility index (Phi) is 6.19. The number of nitrogens with zero attached hydrogens (tertiary/aromatic N) is 1. The highest BCUT2D eigenvalue weighted by Crippen LogP contribution is 2.24. The molecule has 2 aromatic carbocycles. The normalized spacial score (nSPS) is 14.6. The highest BCUT2D eigenvalue weighted by Gasteiger charge is 2.25. The lowest BCUT2D eigenvalue weighted by Crippen LogP contribution is -2.41. The number of primary amides is 1. The lowest BCUT2D eigenvalue weighted by Gasteiger charge is -2.32. The van der Waals surface area contributed by atoms with Crippen LogP contribution in [-0.4, -0.2) is 42.5 Å². The summed E-state index contributed by atoms with van der Waals surface area (Å²) >= 11 is 0. The number of rotatable bonds is 6. The van der Waals surface area contributed by atoms with Crippen molar-refractivity contribution < 1.29 is 19.1 Å². The molecule has 0 spiro atoms. The van der Waals surface area contributed by atoms with Crippen LogP contribution < -0.4 is 15.2 Å². The van der Waals surface area contributed by atoms with Gasteiger partial charge >= 0.3 is 0 Å². The molecule has 6 nitrogen and oxygen atoms in total. The predicted molar refractivity (Wildman–Crippen MR) is 107 cm³/mol. The zero-order chi connectivity index (χ0) is 20.1. The first-order valence-corrected chi connectivity index (χ1v) is 9.47. The van der Waals surface area contributed by atoms with Crippen molar-refractivity contribution in [2.45, 2.75) is 32.8 Å². The molecule has 0 saturated carbocycles. The molecule has 1 heterocycles. The molecule has 0 aromatic heterocycles. The Morgan fingerprint density at radius 2 is 1.75 bits per heavy atom. The Morgan fingerprint density at radius 1 is 1.07 bits per heavy atom. The first-order valence-electron chi connectivity index (χ1n) is 9.47. The van der Waals surface area contributed by atoms with Crippen LogP contribution in [0.1, 0.15) is 34.3 Å². The number of amides is 2. The Labute approximate surface area is 165 Å². The van der Waals surface area contributed by atoms with Gasteiger partial charge in [-0.3, -0.25) is 9.59 Å². The van der Waals surface area contributed by atoms with Gasteiger partial charge in [0.1, 0.15) is 17.6 Å². The number of hydrogen-bond acceptors (Lipinski definition) is 4. The van der Waals surface area contributed by atoms with Gasteiger partial charge in [-0.2, -0.15) is 0 Å². The molecule has 1 saturated heterocycles. The van der Waals surface area contributed by atoms with Crippen LogP contribution in [0.3, 0.4) is 0 Å². The number of benzene rings is 2. The van der Waals surface area contributed by atoms with E-state index in [1.165, 1.54) is 5.56 Å². The van der Waals surface area contributed by atoms with Crippen molar-refractivity contribution in [2.24, 2.45) is 5.73 Å². The number of nitrogens with two attached hydrogens (primary N) is 1. The van der Waals surface area contributed by atoms with Crippen LogP contribution >= 0.6 is 0 Å². The zero-order valence-corrected chi connectivity index (χ0v) is 16.3. The molecule has 0 radical (unpaired) electrons. The Morgan fingerprint density at radius 3 is 2.39 bits per heavy atom. The summed E-state index contributed by atoms with van der Waals surface area (Å²) in [5.74, 6) is 0.894. The SMILES string of the molecule is Cc1ccc(C)c(OC2CCN(C(=O)c3ccc(OCC(N)=O)cc3)CC2)c1. The van der Waals surface area contributed by atoms with E-state index in [1.54, 1.807) is 24.3 Å². The molecule has 1 aliphatic heterocycles. The van der Waals surface area contributed by atoms with Crippen molar-refractivity contribution >= 4 is 11.8 Å². The molecular weight excluding hydrogens is 356 g/mol. The number of hydrogen-bond donors (Lipinski definition) is 1. The monoisotopic (exact) mass is 382 g/mol. The third kappa shape index (κ3) is 5.03. The Hall–Kier alpha value is -3.02. The Bertz CT molecular complexity index is 840. The summed E-state index contributed by atoms with van der Waals surface area (Å²) in [6, 6.07) is 13.0. The smallest absolute Gasteiger partial charge is 0.255 e. The summed E-state index contributed by atoms with van der Waals surface area (Å²) in [6.07, 6.45) is 1.73. The van der Waals surface area contributed by atoms with Gasteiger partial charge in [0, 0.05) is 31.5 Å². The third-order valence-electron chi connectivity index (χ3n) is 4.85. The molecule has 28 heavy (non-hydrogen) atoms. The zero-order valence-electron chi connectivity index (χ0n) is 16.3. The second kappa shape index (κ2) is 8.78. The number of piperidine rings is 1. The number of carbonyl (C=O) groups excluding carboxylic acids is 2. The van der Waals surface area contributed by atoms with Gasteiger partial charge in [-0.15, -0.1) is 0 Å². The van der Waals surface area contributed by atoms with Gasteiger partial charge in [0.05, 0.1) is 0 Å². The van der Waals surface area contributed by atoms with Gasteiger partial charge < -0.3 is 20.1 Å². The van der Waals surface area contributed by atoms with Crippen molar-refractivity contribution in [1.29, 1.82) is 0 Å². The first-order chi connectivity index (χ1) is 13.4. The maximum atomic E-state index is 12.7. The fourth-order valence-corrected chi connectivity index (χ4v) is 3.22. The molecule has 2 amide bonds. The highest BCUT2D eigenvalue weighted by molar-refractivity contribution is 5.94. The minimum atomic E-state index is -0.536. The average Bonchev–Trinajstić information content (AvgIpc) is 2.69. The van der Waals surface area contributed by atoms with E-state index < -0.39 is 5.91 Å². The fraction of sp³-hybridized carbons (Fsp3) is 0.364. The van der Waals surface area contributed by atoms with E-state index in [-0.39, 0.29) is 18.6 Å². The highest BCUT2D eigenvalue weighted by atomic mass is 16.5. The van der Waals surface area contributed by atoms with Gasteiger partial charge in [0.2, 0.25) is 0 Å². The summed E-state index contributed by atoms with van der Waals surface area (Å²) in [5, 5.41) is 0. The third-order valence-corrected chi connectivity index (χ3v) is 4.85. The molecule has 3 rings (SSSR count). The van der Waals surface area contributed by atoms with Gasteiger partial charge in [-0.05, 0) is 55.3 Å². The topological polar surface area (TPSA) is 81.9 Å². The van der Waals surface area contributed by atoms with Gasteiger partial charge in [-0.1, -0.05) is 12.1 Å². The van der Waals surface area contributed by atoms with Gasteiger partial charge in [0.25, 0.3) is 11.8 Å². The number of likely N-dealkylation sites (tertiary alicyclic amines) is 1. The predicted octanol–water partition coefficient (Wildman–Crippen LogP) is 2.85. The molecular formula is C22H26N2O4. The summed E-state index contributed by atoms with van der Waals surface area (Å²) in [7, 11) is 0. The lowest BCUT2D eigenvalue weighted by molar-refractivity contribution is -0.119. The largest absolute Gasteiger partial charge is 0.490 e. The molecule has 1 aliphatic rings. The van der Waals surface area contributed by atoms with Crippen LogP contribution in [0.5, 0.6) is 11.5 Å². The van der Waals surface area contributed by atoms with Crippen molar-refractivity contribution in [2.75, 3.05) is 19.7 Å². The maximum absolute atomic E-state index is 12.7. The Balaban J connectivity index is 1.53. The van der Waals surface area contributed by atoms with Crippen molar-refractivity contribution in [3.05, 3.63) is 59.2 Å². The van der Waals surface area contributed by atoms with Gasteiger partial charge in [0.15, 0.2) is 6.61 Å². The average molecular weight is 382 g/mol. The van der Waals surface area contributed by atoms with E-state index in [2.05, 4.69) is 25.1 Å². The quantitative estimate of drug-likeness (QED) is 0.833. The van der Waals surface area contributed by atoms with E-state index in [9.17, 15) is 9.59 Å². The number of ether oxygens (including phenoxy) is 2. The second-order valence-electron chi connectivity index (χ2n) is 7.16. The fourth-order valence-electron chi connectivity index (χ4n) is 3.22. The van der Waals surface area contributed by atoms with Crippen molar-refractivity contribution in [3.8, 4) is 11.5 Å². The van der Waals surface area contributed by atoms with Crippen molar-refractivity contribution in [1.82, 2.24) is 4.90 Å². The van der Waals surface area contributed by atoms with E-state index in [1.807, 2.05) is 11.8 Å². The van der Waals surface area contributed by atoms with Crippen LogP contribution in [0.4, 0.5) is 0 Å².